The number of aromatic hydroxyl groups is 1. The number of pyridine rings is 2. The van der Waals surface area contributed by atoms with Crippen LogP contribution < -0.4 is 5.32 Å². The standard InChI is InChI=1S/C16H15N3O/c1-11-5-6-16(20)15(19-11)10-18-14-4-2-3-12-9-17-8-7-13(12)14/h2-9,18,20H,10H2,1H3. The van der Waals surface area contributed by atoms with Gasteiger partial charge in [0, 0.05) is 34.5 Å². The van der Waals surface area contributed by atoms with Gasteiger partial charge in [-0.15, -0.1) is 0 Å². The summed E-state index contributed by atoms with van der Waals surface area (Å²) >= 11 is 0. The van der Waals surface area contributed by atoms with Crippen LogP contribution in [0.2, 0.25) is 0 Å². The van der Waals surface area contributed by atoms with E-state index in [0.717, 1.165) is 22.2 Å². The van der Waals surface area contributed by atoms with E-state index in [1.54, 1.807) is 18.3 Å². The number of anilines is 1. The molecule has 0 unspecified atom stereocenters. The molecule has 2 N–H and O–H groups in total. The Morgan fingerprint density at radius 1 is 1.15 bits per heavy atom. The first-order valence-electron chi connectivity index (χ1n) is 6.46. The largest absolute Gasteiger partial charge is 0.506 e. The van der Waals surface area contributed by atoms with Crippen molar-refractivity contribution in [3.63, 3.8) is 0 Å². The predicted octanol–water partition coefficient (Wildman–Crippen LogP) is 3.26. The number of benzene rings is 1. The van der Waals surface area contributed by atoms with E-state index in [1.165, 1.54) is 0 Å². The van der Waals surface area contributed by atoms with Gasteiger partial charge in [-0.2, -0.15) is 0 Å². The lowest BCUT2D eigenvalue weighted by atomic mass is 10.1. The summed E-state index contributed by atoms with van der Waals surface area (Å²) < 4.78 is 0. The fourth-order valence-corrected chi connectivity index (χ4v) is 2.19. The second kappa shape index (κ2) is 5.17. The zero-order valence-electron chi connectivity index (χ0n) is 11.2. The molecule has 100 valence electrons. The van der Waals surface area contributed by atoms with Crippen molar-refractivity contribution in [3.8, 4) is 5.75 Å². The number of hydrogen-bond acceptors (Lipinski definition) is 4. The normalized spacial score (nSPS) is 10.7. The van der Waals surface area contributed by atoms with E-state index in [2.05, 4.69) is 15.3 Å². The zero-order chi connectivity index (χ0) is 13.9. The minimum atomic E-state index is 0.213. The van der Waals surface area contributed by atoms with Gasteiger partial charge < -0.3 is 10.4 Å². The maximum Gasteiger partial charge on any atom is 0.138 e. The van der Waals surface area contributed by atoms with Crippen molar-refractivity contribution >= 4 is 16.5 Å². The molecule has 0 saturated carbocycles. The number of aryl methyl sites for hydroxylation is 1. The van der Waals surface area contributed by atoms with Crippen LogP contribution in [-0.4, -0.2) is 15.1 Å². The molecule has 4 nitrogen and oxygen atoms in total. The molecule has 3 aromatic rings. The zero-order valence-corrected chi connectivity index (χ0v) is 11.2. The molecule has 0 fully saturated rings. The van der Waals surface area contributed by atoms with Crippen molar-refractivity contribution < 1.29 is 5.11 Å². The van der Waals surface area contributed by atoms with Gasteiger partial charge in [0.1, 0.15) is 11.4 Å². The fourth-order valence-electron chi connectivity index (χ4n) is 2.19. The van der Waals surface area contributed by atoms with Crippen molar-refractivity contribution in [1.82, 2.24) is 9.97 Å². The van der Waals surface area contributed by atoms with E-state index >= 15 is 0 Å². The molecular formula is C16H15N3O. The Morgan fingerprint density at radius 3 is 2.95 bits per heavy atom. The summed E-state index contributed by atoms with van der Waals surface area (Å²) in [4.78, 5) is 8.46. The molecule has 2 aromatic heterocycles. The minimum absolute atomic E-state index is 0.213. The molecule has 1 aromatic carbocycles. The summed E-state index contributed by atoms with van der Waals surface area (Å²) in [6.45, 7) is 2.39. The number of rotatable bonds is 3. The van der Waals surface area contributed by atoms with Crippen molar-refractivity contribution in [2.24, 2.45) is 0 Å². The van der Waals surface area contributed by atoms with Crippen molar-refractivity contribution in [2.45, 2.75) is 13.5 Å². The molecule has 0 saturated heterocycles. The number of nitrogens with zero attached hydrogens (tertiary/aromatic N) is 2. The summed E-state index contributed by atoms with van der Waals surface area (Å²) in [6.07, 6.45) is 3.61. The van der Waals surface area contributed by atoms with Gasteiger partial charge in [0.25, 0.3) is 0 Å². The number of nitrogens with one attached hydrogen (secondary N) is 1. The van der Waals surface area contributed by atoms with Crippen molar-refractivity contribution in [2.75, 3.05) is 5.32 Å². The van der Waals surface area contributed by atoms with Crippen molar-refractivity contribution in [3.05, 3.63) is 60.2 Å². The summed E-state index contributed by atoms with van der Waals surface area (Å²) in [5.74, 6) is 0.213. The first-order chi connectivity index (χ1) is 9.74. The van der Waals surface area contributed by atoms with Gasteiger partial charge >= 0.3 is 0 Å². The molecule has 2 heterocycles. The summed E-state index contributed by atoms with van der Waals surface area (Å²) in [5, 5.41) is 15.3. The Kier molecular flexibility index (Phi) is 3.21. The van der Waals surface area contributed by atoms with E-state index in [1.807, 2.05) is 37.4 Å². The van der Waals surface area contributed by atoms with E-state index in [0.29, 0.717) is 12.2 Å². The Hall–Kier alpha value is -2.62. The molecular weight excluding hydrogens is 250 g/mol. The highest BCUT2D eigenvalue weighted by atomic mass is 16.3. The Labute approximate surface area is 117 Å². The smallest absolute Gasteiger partial charge is 0.138 e. The molecule has 3 rings (SSSR count). The van der Waals surface area contributed by atoms with Crippen LogP contribution in [0.15, 0.2) is 48.8 Å². The molecule has 0 amide bonds. The molecule has 0 bridgehead atoms. The second-order valence-corrected chi connectivity index (χ2v) is 4.67. The summed E-state index contributed by atoms with van der Waals surface area (Å²) in [6, 6.07) is 11.5. The van der Waals surface area contributed by atoms with Gasteiger partial charge in [0.2, 0.25) is 0 Å². The molecule has 0 aliphatic heterocycles. The SMILES string of the molecule is Cc1ccc(O)c(CNc2cccc3cnccc23)n1. The van der Waals surface area contributed by atoms with Crippen LogP contribution in [0, 0.1) is 6.92 Å². The average molecular weight is 265 g/mol. The quantitative estimate of drug-likeness (QED) is 0.763. The molecule has 0 spiro atoms. The number of aromatic nitrogens is 2. The van der Waals surface area contributed by atoms with Crippen LogP contribution >= 0.6 is 0 Å². The summed E-state index contributed by atoms with van der Waals surface area (Å²) in [5.41, 5.74) is 2.55. The second-order valence-electron chi connectivity index (χ2n) is 4.67. The van der Waals surface area contributed by atoms with Gasteiger partial charge in [-0.3, -0.25) is 9.97 Å². The third-order valence-electron chi connectivity index (χ3n) is 3.22. The van der Waals surface area contributed by atoms with Gasteiger partial charge in [0.05, 0.1) is 6.54 Å². The van der Waals surface area contributed by atoms with Gasteiger partial charge in [-0.25, -0.2) is 0 Å². The highest BCUT2D eigenvalue weighted by molar-refractivity contribution is 5.93. The minimum Gasteiger partial charge on any atom is -0.506 e. The lowest BCUT2D eigenvalue weighted by molar-refractivity contribution is 0.464. The Morgan fingerprint density at radius 2 is 2.05 bits per heavy atom. The Bertz CT molecular complexity index is 750. The molecule has 0 radical (unpaired) electrons. The first kappa shape index (κ1) is 12.4. The first-order valence-corrected chi connectivity index (χ1v) is 6.46. The van der Waals surface area contributed by atoms with E-state index in [4.69, 9.17) is 0 Å². The van der Waals surface area contributed by atoms with Crippen molar-refractivity contribution in [1.29, 1.82) is 0 Å². The molecule has 4 heteroatoms. The van der Waals surface area contributed by atoms with Crippen LogP contribution in [0.25, 0.3) is 10.8 Å². The van der Waals surface area contributed by atoms with E-state index < -0.39 is 0 Å². The maximum absolute atomic E-state index is 9.81. The van der Waals surface area contributed by atoms with Gasteiger partial charge in [0.15, 0.2) is 0 Å². The number of fused-ring (bicyclic) bond motifs is 1. The van der Waals surface area contributed by atoms with E-state index in [-0.39, 0.29) is 5.75 Å². The topological polar surface area (TPSA) is 58.0 Å². The van der Waals surface area contributed by atoms with E-state index in [9.17, 15) is 5.11 Å². The van der Waals surface area contributed by atoms with Gasteiger partial charge in [-0.1, -0.05) is 12.1 Å². The molecule has 0 atom stereocenters. The molecule has 20 heavy (non-hydrogen) atoms. The molecule has 0 aliphatic rings. The average Bonchev–Trinajstić information content (AvgIpc) is 2.48. The van der Waals surface area contributed by atoms with Crippen LogP contribution in [0.5, 0.6) is 5.75 Å². The fraction of sp³-hybridized carbons (Fsp3) is 0.125. The number of hydrogen-bond donors (Lipinski definition) is 2. The van der Waals surface area contributed by atoms with Crippen LogP contribution in [0.1, 0.15) is 11.4 Å². The highest BCUT2D eigenvalue weighted by Crippen LogP contribution is 2.23. The summed E-state index contributed by atoms with van der Waals surface area (Å²) in [7, 11) is 0. The lowest BCUT2D eigenvalue weighted by Gasteiger charge is -2.10. The van der Waals surface area contributed by atoms with Crippen LogP contribution in [-0.2, 0) is 6.54 Å². The molecule has 0 aliphatic carbocycles. The van der Waals surface area contributed by atoms with Crippen LogP contribution in [0.3, 0.4) is 0 Å². The third-order valence-corrected chi connectivity index (χ3v) is 3.22. The monoisotopic (exact) mass is 265 g/mol. The lowest BCUT2D eigenvalue weighted by Crippen LogP contribution is -2.03. The third kappa shape index (κ3) is 2.40. The highest BCUT2D eigenvalue weighted by Gasteiger charge is 2.05. The maximum atomic E-state index is 9.81. The van der Waals surface area contributed by atoms with Crippen LogP contribution in [0.4, 0.5) is 5.69 Å². The van der Waals surface area contributed by atoms with Gasteiger partial charge in [-0.05, 0) is 31.2 Å². The predicted molar refractivity (Wildman–Crippen MR) is 79.7 cm³/mol. The Balaban J connectivity index is 1.89.